The Bertz CT molecular complexity index is 569. The average molecular weight is 316 g/mol. The Morgan fingerprint density at radius 3 is 2.35 bits per heavy atom. The van der Waals surface area contributed by atoms with Crippen molar-refractivity contribution in [3.63, 3.8) is 0 Å². The van der Waals surface area contributed by atoms with E-state index in [9.17, 15) is 9.59 Å². The number of hydrogen-bond acceptors (Lipinski definition) is 2. The summed E-state index contributed by atoms with van der Waals surface area (Å²) >= 11 is 0. The van der Waals surface area contributed by atoms with Crippen LogP contribution < -0.4 is 5.32 Å². The fraction of sp³-hybridized carbons (Fsp3) is 0.579. The topological polar surface area (TPSA) is 49.4 Å². The smallest absolute Gasteiger partial charge is 0.244 e. The maximum atomic E-state index is 12.5. The van der Waals surface area contributed by atoms with Crippen molar-refractivity contribution in [1.82, 2.24) is 4.90 Å². The molecular weight excluding hydrogens is 288 g/mol. The lowest BCUT2D eigenvalue weighted by molar-refractivity contribution is -0.135. The zero-order chi connectivity index (χ0) is 17.0. The van der Waals surface area contributed by atoms with Crippen LogP contribution in [-0.2, 0) is 15.0 Å². The van der Waals surface area contributed by atoms with Crippen LogP contribution in [0.4, 0.5) is 5.69 Å². The van der Waals surface area contributed by atoms with E-state index in [1.165, 1.54) is 0 Å². The molecule has 0 unspecified atom stereocenters. The molecule has 2 rings (SSSR count). The van der Waals surface area contributed by atoms with Crippen molar-refractivity contribution in [2.75, 3.05) is 11.9 Å². The molecule has 1 aromatic rings. The van der Waals surface area contributed by atoms with Crippen LogP contribution in [-0.4, -0.2) is 29.3 Å². The van der Waals surface area contributed by atoms with E-state index in [1.807, 2.05) is 24.3 Å². The molecule has 2 amide bonds. The second kappa shape index (κ2) is 7.16. The van der Waals surface area contributed by atoms with E-state index in [-0.39, 0.29) is 29.8 Å². The number of anilines is 1. The van der Waals surface area contributed by atoms with E-state index in [0.717, 1.165) is 36.9 Å². The summed E-state index contributed by atoms with van der Waals surface area (Å²) in [5, 5.41) is 2.99. The summed E-state index contributed by atoms with van der Waals surface area (Å²) in [5.41, 5.74) is 1.89. The Kier molecular flexibility index (Phi) is 5.45. The minimum Gasteiger partial charge on any atom is -0.331 e. The van der Waals surface area contributed by atoms with Crippen molar-refractivity contribution in [1.29, 1.82) is 0 Å². The third-order valence-electron chi connectivity index (χ3n) is 4.49. The van der Waals surface area contributed by atoms with Crippen molar-refractivity contribution in [2.45, 2.75) is 64.8 Å². The van der Waals surface area contributed by atoms with Gasteiger partial charge in [-0.3, -0.25) is 9.59 Å². The van der Waals surface area contributed by atoms with E-state index in [1.54, 1.807) is 11.8 Å². The first-order valence-corrected chi connectivity index (χ1v) is 8.45. The summed E-state index contributed by atoms with van der Waals surface area (Å²) < 4.78 is 0. The van der Waals surface area contributed by atoms with Crippen molar-refractivity contribution in [3.8, 4) is 0 Å². The minimum absolute atomic E-state index is 0.0174. The summed E-state index contributed by atoms with van der Waals surface area (Å²) in [6.07, 6.45) is 4.29. The second-order valence-electron chi connectivity index (χ2n) is 7.43. The third-order valence-corrected chi connectivity index (χ3v) is 4.49. The maximum Gasteiger partial charge on any atom is 0.244 e. The van der Waals surface area contributed by atoms with Gasteiger partial charge in [0.05, 0.1) is 0 Å². The van der Waals surface area contributed by atoms with Crippen molar-refractivity contribution < 1.29 is 9.59 Å². The molecular formula is C19H28N2O2. The first kappa shape index (κ1) is 17.5. The summed E-state index contributed by atoms with van der Waals surface area (Å²) in [4.78, 5) is 26.1. The van der Waals surface area contributed by atoms with Crippen LogP contribution in [0.3, 0.4) is 0 Å². The molecule has 4 heteroatoms. The van der Waals surface area contributed by atoms with Crippen LogP contribution in [0.25, 0.3) is 0 Å². The summed E-state index contributed by atoms with van der Waals surface area (Å²) in [7, 11) is 0. The molecule has 0 aliphatic heterocycles. The average Bonchev–Trinajstić information content (AvgIpc) is 2.97. The molecule has 1 saturated carbocycles. The Morgan fingerprint density at radius 1 is 1.17 bits per heavy atom. The van der Waals surface area contributed by atoms with Gasteiger partial charge in [0.15, 0.2) is 0 Å². The Labute approximate surface area is 139 Å². The highest BCUT2D eigenvalue weighted by molar-refractivity contribution is 5.95. The molecule has 0 bridgehead atoms. The fourth-order valence-electron chi connectivity index (χ4n) is 3.30. The first-order chi connectivity index (χ1) is 10.8. The number of carbonyl (C=O) groups is 2. The van der Waals surface area contributed by atoms with Crippen molar-refractivity contribution in [2.24, 2.45) is 0 Å². The first-order valence-electron chi connectivity index (χ1n) is 8.45. The lowest BCUT2D eigenvalue weighted by atomic mass is 9.86. The summed E-state index contributed by atoms with van der Waals surface area (Å²) in [5.74, 6) is -0.139. The molecule has 0 atom stereocenters. The molecule has 1 fully saturated rings. The zero-order valence-electron chi connectivity index (χ0n) is 14.7. The second-order valence-corrected chi connectivity index (χ2v) is 7.43. The van der Waals surface area contributed by atoms with Crippen molar-refractivity contribution in [3.05, 3.63) is 29.8 Å². The van der Waals surface area contributed by atoms with Crippen molar-refractivity contribution >= 4 is 17.5 Å². The van der Waals surface area contributed by atoms with Crippen LogP contribution in [0.5, 0.6) is 0 Å². The van der Waals surface area contributed by atoms with Gasteiger partial charge < -0.3 is 10.2 Å². The predicted molar refractivity (Wildman–Crippen MR) is 93.4 cm³/mol. The van der Waals surface area contributed by atoms with Crippen LogP contribution >= 0.6 is 0 Å². The van der Waals surface area contributed by atoms with Gasteiger partial charge >= 0.3 is 0 Å². The van der Waals surface area contributed by atoms with Gasteiger partial charge in [-0.2, -0.15) is 0 Å². The molecule has 0 spiro atoms. The van der Waals surface area contributed by atoms with Gasteiger partial charge in [-0.25, -0.2) is 0 Å². The van der Waals surface area contributed by atoms with E-state index in [4.69, 9.17) is 0 Å². The number of hydrogen-bond donors (Lipinski definition) is 1. The normalized spacial score (nSPS) is 15.5. The van der Waals surface area contributed by atoms with Gasteiger partial charge in [-0.05, 0) is 29.9 Å². The fourth-order valence-corrected chi connectivity index (χ4v) is 3.30. The summed E-state index contributed by atoms with van der Waals surface area (Å²) in [6, 6.07) is 8.08. The molecule has 1 N–H and O–H groups in total. The highest BCUT2D eigenvalue weighted by atomic mass is 16.2. The monoisotopic (exact) mass is 316 g/mol. The highest BCUT2D eigenvalue weighted by Crippen LogP contribution is 2.29. The number of carbonyl (C=O) groups excluding carboxylic acids is 2. The number of amides is 2. The maximum absolute atomic E-state index is 12.5. The number of para-hydroxylation sites is 1. The van der Waals surface area contributed by atoms with E-state index in [0.29, 0.717) is 0 Å². The number of benzene rings is 1. The zero-order valence-corrected chi connectivity index (χ0v) is 14.7. The molecule has 0 heterocycles. The van der Waals surface area contributed by atoms with Gasteiger partial charge in [-0.15, -0.1) is 0 Å². The molecule has 1 aromatic carbocycles. The van der Waals surface area contributed by atoms with Gasteiger partial charge in [0.1, 0.15) is 6.54 Å². The largest absolute Gasteiger partial charge is 0.331 e. The van der Waals surface area contributed by atoms with Gasteiger partial charge in [-0.1, -0.05) is 51.8 Å². The number of rotatable bonds is 4. The minimum atomic E-state index is -0.121. The molecule has 1 aliphatic rings. The molecule has 126 valence electrons. The number of nitrogens with zero attached hydrogens (tertiary/aromatic N) is 1. The molecule has 23 heavy (non-hydrogen) atoms. The van der Waals surface area contributed by atoms with Crippen LogP contribution in [0.1, 0.15) is 58.9 Å². The molecule has 0 radical (unpaired) electrons. The van der Waals surface area contributed by atoms with E-state index in [2.05, 4.69) is 26.1 Å². The quantitative estimate of drug-likeness (QED) is 0.920. The van der Waals surface area contributed by atoms with Gasteiger partial charge in [0.2, 0.25) is 11.8 Å². The highest BCUT2D eigenvalue weighted by Gasteiger charge is 2.27. The lowest BCUT2D eigenvalue weighted by Crippen LogP contribution is -2.42. The van der Waals surface area contributed by atoms with E-state index < -0.39 is 0 Å². The Hall–Kier alpha value is -1.84. The number of nitrogens with one attached hydrogen (secondary N) is 1. The van der Waals surface area contributed by atoms with Gasteiger partial charge in [0.25, 0.3) is 0 Å². The van der Waals surface area contributed by atoms with Crippen LogP contribution in [0, 0.1) is 0 Å². The summed E-state index contributed by atoms with van der Waals surface area (Å²) in [6.45, 7) is 8.06. The SMILES string of the molecule is CC(=O)N(CC(=O)Nc1ccccc1C(C)(C)C)C1CCCC1. The third kappa shape index (κ3) is 4.57. The van der Waals surface area contributed by atoms with E-state index >= 15 is 0 Å². The van der Waals surface area contributed by atoms with Crippen LogP contribution in [0.15, 0.2) is 24.3 Å². The predicted octanol–water partition coefficient (Wildman–Crippen LogP) is 3.71. The molecule has 0 saturated heterocycles. The molecule has 4 nitrogen and oxygen atoms in total. The Morgan fingerprint density at radius 2 is 1.78 bits per heavy atom. The standard InChI is InChI=1S/C19H28N2O2/c1-14(22)21(15-9-5-6-10-15)13-18(23)20-17-12-8-7-11-16(17)19(2,3)4/h7-8,11-12,15H,5-6,9-10,13H2,1-4H3,(H,20,23). The Balaban J connectivity index is 2.08. The molecule has 0 aromatic heterocycles. The van der Waals surface area contributed by atoms with Gasteiger partial charge in [0, 0.05) is 18.7 Å². The van der Waals surface area contributed by atoms with Crippen LogP contribution in [0.2, 0.25) is 0 Å². The lowest BCUT2D eigenvalue weighted by Gasteiger charge is -2.28. The molecule has 1 aliphatic carbocycles.